The van der Waals surface area contributed by atoms with Gasteiger partial charge in [-0.05, 0) is 73.8 Å². The highest BCUT2D eigenvalue weighted by Gasteiger charge is 2.51. The second-order valence-electron chi connectivity index (χ2n) is 10.5. The standard InChI is InChI=1S/C23H27F3N4O2/c24-23(25,26)19-7-17(18-2-1-3-32-18)29-20-16(11-28-30(19)20)21(31)27-12-22-8-13-4-14(9-22)6-15(5-13)10-22/h1-3,11,13-15,17,19,29H,4-10,12H2,(H,27,31)/t13?,14?,15?,17-,19-,22?/m1/s1. The van der Waals surface area contributed by atoms with Gasteiger partial charge in [-0.1, -0.05) is 0 Å². The minimum absolute atomic E-state index is 0.1000. The molecule has 0 unspecified atom stereocenters. The summed E-state index contributed by atoms with van der Waals surface area (Å²) in [5.41, 5.74) is 0.302. The summed E-state index contributed by atoms with van der Waals surface area (Å²) in [6, 6.07) is 0.781. The summed E-state index contributed by atoms with van der Waals surface area (Å²) in [4.78, 5) is 13.1. The predicted octanol–water partition coefficient (Wildman–Crippen LogP) is 5.08. The van der Waals surface area contributed by atoms with E-state index in [1.54, 1.807) is 12.1 Å². The Morgan fingerprint density at radius 3 is 2.47 bits per heavy atom. The molecule has 2 aromatic heterocycles. The van der Waals surface area contributed by atoms with Crippen LogP contribution in [0.1, 0.15) is 73.1 Å². The first kappa shape index (κ1) is 20.2. The molecule has 32 heavy (non-hydrogen) atoms. The van der Waals surface area contributed by atoms with Crippen molar-refractivity contribution in [2.75, 3.05) is 11.9 Å². The van der Waals surface area contributed by atoms with Crippen LogP contribution in [0.25, 0.3) is 0 Å². The van der Waals surface area contributed by atoms with Crippen molar-refractivity contribution in [3.8, 4) is 0 Å². The molecule has 2 N–H and O–H groups in total. The molecule has 4 fully saturated rings. The molecule has 3 heterocycles. The second-order valence-corrected chi connectivity index (χ2v) is 10.5. The highest BCUT2D eigenvalue weighted by Crippen LogP contribution is 2.59. The maximum absolute atomic E-state index is 13.8. The summed E-state index contributed by atoms with van der Waals surface area (Å²) in [7, 11) is 0. The number of anilines is 1. The van der Waals surface area contributed by atoms with Crippen LogP contribution in [0.2, 0.25) is 0 Å². The number of nitrogens with zero attached hydrogens (tertiary/aromatic N) is 2. The molecule has 4 saturated carbocycles. The van der Waals surface area contributed by atoms with E-state index in [1.807, 2.05) is 0 Å². The lowest BCUT2D eigenvalue weighted by molar-refractivity contribution is -0.174. The molecule has 0 saturated heterocycles. The minimum Gasteiger partial charge on any atom is -0.467 e. The Balaban J connectivity index is 1.24. The van der Waals surface area contributed by atoms with Crippen LogP contribution in [-0.2, 0) is 0 Å². The summed E-state index contributed by atoms with van der Waals surface area (Å²) < 4.78 is 47.6. The van der Waals surface area contributed by atoms with Crippen LogP contribution in [-0.4, -0.2) is 28.4 Å². The van der Waals surface area contributed by atoms with Gasteiger partial charge in [0.2, 0.25) is 0 Å². The first-order valence-corrected chi connectivity index (χ1v) is 11.5. The van der Waals surface area contributed by atoms with Gasteiger partial charge in [0.25, 0.3) is 5.91 Å². The topological polar surface area (TPSA) is 72.1 Å². The molecule has 0 radical (unpaired) electrons. The number of alkyl halides is 3. The van der Waals surface area contributed by atoms with Crippen molar-refractivity contribution in [3.63, 3.8) is 0 Å². The van der Waals surface area contributed by atoms with E-state index < -0.39 is 18.3 Å². The Hall–Kier alpha value is -2.45. The fourth-order valence-corrected chi connectivity index (χ4v) is 7.27. The Morgan fingerprint density at radius 1 is 1.19 bits per heavy atom. The van der Waals surface area contributed by atoms with Crippen molar-refractivity contribution in [2.24, 2.45) is 23.2 Å². The maximum Gasteiger partial charge on any atom is 0.410 e. The molecule has 172 valence electrons. The third-order valence-corrected chi connectivity index (χ3v) is 8.16. The van der Waals surface area contributed by atoms with E-state index in [2.05, 4.69) is 15.7 Å². The largest absolute Gasteiger partial charge is 0.467 e. The summed E-state index contributed by atoms with van der Waals surface area (Å²) in [6.07, 6.45) is 5.37. The number of carbonyl (C=O) groups excluding carboxylic acids is 1. The Labute approximate surface area is 183 Å². The van der Waals surface area contributed by atoms with E-state index in [0.29, 0.717) is 12.3 Å². The zero-order valence-corrected chi connectivity index (χ0v) is 17.7. The highest BCUT2D eigenvalue weighted by atomic mass is 19.4. The molecule has 4 aliphatic carbocycles. The van der Waals surface area contributed by atoms with E-state index in [4.69, 9.17) is 4.42 Å². The van der Waals surface area contributed by atoms with Crippen molar-refractivity contribution in [2.45, 2.75) is 63.2 Å². The summed E-state index contributed by atoms with van der Waals surface area (Å²) in [5, 5.41) is 10.1. The van der Waals surface area contributed by atoms with Crippen LogP contribution in [0, 0.1) is 23.2 Å². The molecule has 2 aromatic rings. The average molecular weight is 448 g/mol. The summed E-state index contributed by atoms with van der Waals surface area (Å²) in [6.45, 7) is 0.588. The lowest BCUT2D eigenvalue weighted by Gasteiger charge is -2.56. The summed E-state index contributed by atoms with van der Waals surface area (Å²) in [5.74, 6) is 2.45. The molecule has 5 aliphatic rings. The normalized spacial score (nSPS) is 35.4. The third kappa shape index (κ3) is 3.31. The zero-order valence-electron chi connectivity index (χ0n) is 17.7. The lowest BCUT2D eigenvalue weighted by atomic mass is 9.49. The molecule has 2 atom stereocenters. The van der Waals surface area contributed by atoms with Crippen LogP contribution in [0.5, 0.6) is 0 Å². The second kappa shape index (κ2) is 7.02. The smallest absolute Gasteiger partial charge is 0.410 e. The van der Waals surface area contributed by atoms with E-state index >= 15 is 0 Å². The molecule has 9 heteroatoms. The molecule has 6 nitrogen and oxygen atoms in total. The quantitative estimate of drug-likeness (QED) is 0.684. The van der Waals surface area contributed by atoms with Gasteiger partial charge >= 0.3 is 6.18 Å². The third-order valence-electron chi connectivity index (χ3n) is 8.16. The van der Waals surface area contributed by atoms with Crippen LogP contribution in [0.4, 0.5) is 19.0 Å². The van der Waals surface area contributed by atoms with Crippen molar-refractivity contribution < 1.29 is 22.4 Å². The van der Waals surface area contributed by atoms with Crippen molar-refractivity contribution in [3.05, 3.63) is 35.9 Å². The minimum atomic E-state index is -4.49. The van der Waals surface area contributed by atoms with Gasteiger partial charge < -0.3 is 15.1 Å². The number of hydrogen-bond donors (Lipinski definition) is 2. The van der Waals surface area contributed by atoms with Crippen LogP contribution < -0.4 is 10.6 Å². The highest BCUT2D eigenvalue weighted by molar-refractivity contribution is 5.98. The van der Waals surface area contributed by atoms with Gasteiger partial charge in [-0.2, -0.15) is 18.3 Å². The molecule has 7 rings (SSSR count). The number of aromatic nitrogens is 2. The zero-order chi connectivity index (χ0) is 22.1. The van der Waals surface area contributed by atoms with Crippen molar-refractivity contribution >= 4 is 11.7 Å². The molecule has 0 aromatic carbocycles. The summed E-state index contributed by atoms with van der Waals surface area (Å²) >= 11 is 0. The van der Waals surface area contributed by atoms with Gasteiger partial charge in [-0.25, -0.2) is 4.68 Å². The van der Waals surface area contributed by atoms with E-state index in [0.717, 1.165) is 41.7 Å². The average Bonchev–Trinajstić information content (AvgIpc) is 3.39. The van der Waals surface area contributed by atoms with Crippen LogP contribution >= 0.6 is 0 Å². The van der Waals surface area contributed by atoms with Crippen LogP contribution in [0.3, 0.4) is 0 Å². The predicted molar refractivity (Wildman–Crippen MR) is 110 cm³/mol. The van der Waals surface area contributed by atoms with Gasteiger partial charge in [-0.3, -0.25) is 4.79 Å². The molecule has 4 bridgehead atoms. The Morgan fingerprint density at radius 2 is 1.88 bits per heavy atom. The first-order valence-electron chi connectivity index (χ1n) is 11.5. The van der Waals surface area contributed by atoms with Gasteiger partial charge in [0, 0.05) is 13.0 Å². The van der Waals surface area contributed by atoms with Crippen LogP contribution in [0.15, 0.2) is 29.0 Å². The first-order chi connectivity index (χ1) is 15.3. The fraction of sp³-hybridized carbons (Fsp3) is 0.652. The molecular weight excluding hydrogens is 421 g/mol. The number of hydrogen-bond acceptors (Lipinski definition) is 4. The number of nitrogens with one attached hydrogen (secondary N) is 2. The van der Waals surface area contributed by atoms with Gasteiger partial charge in [-0.15, -0.1) is 0 Å². The maximum atomic E-state index is 13.8. The molecule has 1 aliphatic heterocycles. The Bertz CT molecular complexity index is 978. The number of halogens is 3. The van der Waals surface area contributed by atoms with Crippen molar-refractivity contribution in [1.29, 1.82) is 0 Å². The van der Waals surface area contributed by atoms with Gasteiger partial charge in [0.1, 0.15) is 17.1 Å². The number of rotatable bonds is 4. The number of carbonyl (C=O) groups is 1. The number of amides is 1. The van der Waals surface area contributed by atoms with Crippen molar-refractivity contribution in [1.82, 2.24) is 15.1 Å². The number of fused-ring (bicyclic) bond motifs is 1. The molecule has 0 spiro atoms. The van der Waals surface area contributed by atoms with Gasteiger partial charge in [0.05, 0.1) is 18.5 Å². The fourth-order valence-electron chi connectivity index (χ4n) is 7.27. The van der Waals surface area contributed by atoms with E-state index in [9.17, 15) is 18.0 Å². The molecule has 1 amide bonds. The molecular formula is C23H27F3N4O2. The SMILES string of the molecule is O=C(NCC12CC3CC(CC(C3)C1)C2)c1cnn2c1N[C@@H](c1ccco1)C[C@@H]2C(F)(F)F. The van der Waals surface area contributed by atoms with E-state index in [1.165, 1.54) is 31.7 Å². The van der Waals surface area contributed by atoms with Gasteiger partial charge in [0.15, 0.2) is 6.04 Å². The number of furan rings is 1. The monoisotopic (exact) mass is 448 g/mol. The Kier molecular flexibility index (Phi) is 4.43. The lowest BCUT2D eigenvalue weighted by Crippen LogP contribution is -2.51. The van der Waals surface area contributed by atoms with E-state index in [-0.39, 0.29) is 29.1 Å².